The van der Waals surface area contributed by atoms with Crippen molar-refractivity contribution in [2.45, 2.75) is 25.8 Å². The molecule has 0 unspecified atom stereocenters. The molecule has 6 nitrogen and oxygen atoms in total. The minimum absolute atomic E-state index is 0.0257. The van der Waals surface area contributed by atoms with Crippen molar-refractivity contribution < 1.29 is 19.1 Å². The summed E-state index contributed by atoms with van der Waals surface area (Å²) in [6.45, 7) is 4.03. The SMILES string of the molecule is COCCCN(CC(=O)N1CCc2sccc2[C@@H]1COc1ccc(C)cc1)C(=O)c1ccccc1. The molecule has 35 heavy (non-hydrogen) atoms. The smallest absolute Gasteiger partial charge is 0.254 e. The van der Waals surface area contributed by atoms with E-state index in [-0.39, 0.29) is 24.4 Å². The van der Waals surface area contributed by atoms with E-state index < -0.39 is 0 Å². The quantitative estimate of drug-likeness (QED) is 0.384. The van der Waals surface area contributed by atoms with Crippen molar-refractivity contribution in [3.63, 3.8) is 0 Å². The number of ether oxygens (including phenoxy) is 2. The molecule has 1 atom stereocenters. The van der Waals surface area contributed by atoms with Crippen LogP contribution in [-0.4, -0.2) is 61.6 Å². The Morgan fingerprint density at radius 1 is 1.09 bits per heavy atom. The largest absolute Gasteiger partial charge is 0.491 e. The van der Waals surface area contributed by atoms with Gasteiger partial charge in [-0.3, -0.25) is 9.59 Å². The van der Waals surface area contributed by atoms with E-state index in [9.17, 15) is 9.59 Å². The Hall–Kier alpha value is -3.16. The molecule has 184 valence electrons. The number of hydrogen-bond acceptors (Lipinski definition) is 5. The lowest BCUT2D eigenvalue weighted by molar-refractivity contribution is -0.135. The van der Waals surface area contributed by atoms with E-state index in [0.717, 1.165) is 17.7 Å². The van der Waals surface area contributed by atoms with Gasteiger partial charge in [-0.1, -0.05) is 35.9 Å². The summed E-state index contributed by atoms with van der Waals surface area (Å²) in [4.78, 5) is 31.7. The fraction of sp³-hybridized carbons (Fsp3) is 0.357. The first-order valence-electron chi connectivity index (χ1n) is 11.9. The molecule has 0 spiro atoms. The summed E-state index contributed by atoms with van der Waals surface area (Å²) in [5, 5.41) is 2.08. The lowest BCUT2D eigenvalue weighted by Gasteiger charge is -2.37. The summed E-state index contributed by atoms with van der Waals surface area (Å²) < 4.78 is 11.3. The van der Waals surface area contributed by atoms with Crippen molar-refractivity contribution in [1.29, 1.82) is 0 Å². The van der Waals surface area contributed by atoms with Gasteiger partial charge in [-0.05, 0) is 61.0 Å². The maximum atomic E-state index is 13.6. The first-order chi connectivity index (χ1) is 17.1. The van der Waals surface area contributed by atoms with Crippen LogP contribution in [0.25, 0.3) is 0 Å². The van der Waals surface area contributed by atoms with E-state index in [4.69, 9.17) is 9.47 Å². The number of thiophene rings is 1. The average Bonchev–Trinajstić information content (AvgIpc) is 3.37. The van der Waals surface area contributed by atoms with E-state index in [1.54, 1.807) is 35.5 Å². The van der Waals surface area contributed by atoms with Crippen LogP contribution in [0.3, 0.4) is 0 Å². The molecule has 3 aromatic rings. The average molecular weight is 493 g/mol. The molecule has 0 fully saturated rings. The zero-order chi connectivity index (χ0) is 24.6. The maximum absolute atomic E-state index is 13.6. The summed E-state index contributed by atoms with van der Waals surface area (Å²) in [6, 6.07) is 19.0. The zero-order valence-corrected chi connectivity index (χ0v) is 21.1. The van der Waals surface area contributed by atoms with Gasteiger partial charge in [-0.15, -0.1) is 11.3 Å². The second kappa shape index (κ2) is 12.0. The van der Waals surface area contributed by atoms with Gasteiger partial charge < -0.3 is 19.3 Å². The molecule has 2 aromatic carbocycles. The van der Waals surface area contributed by atoms with Crippen LogP contribution >= 0.6 is 11.3 Å². The Labute approximate surface area is 211 Å². The highest BCUT2D eigenvalue weighted by atomic mass is 32.1. The van der Waals surface area contributed by atoms with Crippen LogP contribution in [0.2, 0.25) is 0 Å². The van der Waals surface area contributed by atoms with Crippen molar-refractivity contribution in [3.05, 3.63) is 87.6 Å². The second-order valence-corrected chi connectivity index (χ2v) is 9.72. The number of hydrogen-bond donors (Lipinski definition) is 0. The van der Waals surface area contributed by atoms with Crippen LogP contribution in [-0.2, 0) is 16.0 Å². The van der Waals surface area contributed by atoms with E-state index >= 15 is 0 Å². The summed E-state index contributed by atoms with van der Waals surface area (Å²) >= 11 is 1.72. The third-order valence-corrected chi connectivity index (χ3v) is 7.25. The molecule has 2 heterocycles. The molecular formula is C28H32N2O4S. The summed E-state index contributed by atoms with van der Waals surface area (Å²) in [7, 11) is 1.64. The molecule has 0 N–H and O–H groups in total. The second-order valence-electron chi connectivity index (χ2n) is 8.72. The number of carbonyl (C=O) groups is 2. The molecular weight excluding hydrogens is 460 g/mol. The Balaban J connectivity index is 1.51. The van der Waals surface area contributed by atoms with Gasteiger partial charge in [0, 0.05) is 37.2 Å². The topological polar surface area (TPSA) is 59.1 Å². The van der Waals surface area contributed by atoms with Gasteiger partial charge in [0.05, 0.1) is 6.04 Å². The summed E-state index contributed by atoms with van der Waals surface area (Å²) in [5.41, 5.74) is 2.89. The highest BCUT2D eigenvalue weighted by Crippen LogP contribution is 2.34. The fourth-order valence-corrected chi connectivity index (χ4v) is 5.28. The third-order valence-electron chi connectivity index (χ3n) is 6.25. The fourth-order valence-electron chi connectivity index (χ4n) is 4.35. The van der Waals surface area contributed by atoms with Crippen molar-refractivity contribution in [1.82, 2.24) is 9.80 Å². The van der Waals surface area contributed by atoms with Gasteiger partial charge in [0.1, 0.15) is 18.9 Å². The number of amides is 2. The molecule has 0 aliphatic carbocycles. The van der Waals surface area contributed by atoms with Gasteiger partial charge >= 0.3 is 0 Å². The Bertz CT molecular complexity index is 1110. The van der Waals surface area contributed by atoms with Crippen LogP contribution in [0.15, 0.2) is 66.0 Å². The highest BCUT2D eigenvalue weighted by Gasteiger charge is 2.33. The van der Waals surface area contributed by atoms with Crippen LogP contribution in [0.5, 0.6) is 5.75 Å². The maximum Gasteiger partial charge on any atom is 0.254 e. The van der Waals surface area contributed by atoms with E-state index in [2.05, 4.69) is 11.4 Å². The predicted molar refractivity (Wildman–Crippen MR) is 138 cm³/mol. The molecule has 4 rings (SSSR count). The molecule has 2 amide bonds. The van der Waals surface area contributed by atoms with E-state index in [1.807, 2.05) is 54.3 Å². The number of methoxy groups -OCH3 is 1. The van der Waals surface area contributed by atoms with Gasteiger partial charge in [0.2, 0.25) is 5.91 Å². The number of fused-ring (bicyclic) bond motifs is 1. The van der Waals surface area contributed by atoms with Crippen LogP contribution in [0.1, 0.15) is 38.8 Å². The first kappa shape index (κ1) is 24.9. The minimum atomic E-state index is -0.188. The van der Waals surface area contributed by atoms with Gasteiger partial charge in [0.25, 0.3) is 5.91 Å². The molecule has 1 aromatic heterocycles. The molecule has 0 bridgehead atoms. The molecule has 0 radical (unpaired) electrons. The molecule has 0 saturated heterocycles. The molecule has 1 aliphatic rings. The van der Waals surface area contributed by atoms with Gasteiger partial charge in [-0.2, -0.15) is 0 Å². The number of rotatable bonds is 10. The monoisotopic (exact) mass is 492 g/mol. The number of carbonyl (C=O) groups excluding carboxylic acids is 2. The Morgan fingerprint density at radius 3 is 2.60 bits per heavy atom. The van der Waals surface area contributed by atoms with Gasteiger partial charge in [0.15, 0.2) is 0 Å². The Kier molecular flexibility index (Phi) is 8.55. The lowest BCUT2D eigenvalue weighted by Crippen LogP contribution is -2.48. The standard InChI is InChI=1S/C28H32N2O4S/c1-21-9-11-23(12-10-21)34-20-25-24-14-18-35-26(24)13-16-30(25)27(31)19-29(15-6-17-33-2)28(32)22-7-4-3-5-8-22/h3-5,7-12,14,18,25H,6,13,15-17,19-20H2,1-2H3/t25-/m0/s1. The normalized spacial score (nSPS) is 14.9. The van der Waals surface area contributed by atoms with E-state index in [0.29, 0.717) is 38.3 Å². The minimum Gasteiger partial charge on any atom is -0.491 e. The van der Waals surface area contributed by atoms with Crippen molar-refractivity contribution in [2.75, 3.05) is 40.0 Å². The third kappa shape index (κ3) is 6.29. The summed E-state index contributed by atoms with van der Waals surface area (Å²) in [5.74, 6) is 0.572. The van der Waals surface area contributed by atoms with Crippen LogP contribution in [0, 0.1) is 6.92 Å². The molecule has 7 heteroatoms. The number of nitrogens with zero attached hydrogens (tertiary/aromatic N) is 2. The first-order valence-corrected chi connectivity index (χ1v) is 12.8. The zero-order valence-electron chi connectivity index (χ0n) is 20.3. The van der Waals surface area contributed by atoms with Crippen LogP contribution in [0.4, 0.5) is 0 Å². The number of aryl methyl sites for hydroxylation is 1. The van der Waals surface area contributed by atoms with Gasteiger partial charge in [-0.25, -0.2) is 0 Å². The van der Waals surface area contributed by atoms with Crippen LogP contribution < -0.4 is 4.74 Å². The molecule has 0 saturated carbocycles. The molecule has 1 aliphatic heterocycles. The number of benzene rings is 2. The predicted octanol–water partition coefficient (Wildman–Crippen LogP) is 4.74. The van der Waals surface area contributed by atoms with E-state index in [1.165, 1.54) is 10.4 Å². The van der Waals surface area contributed by atoms with Crippen molar-refractivity contribution >= 4 is 23.2 Å². The highest BCUT2D eigenvalue weighted by molar-refractivity contribution is 7.10. The lowest BCUT2D eigenvalue weighted by atomic mass is 10.0. The summed E-state index contributed by atoms with van der Waals surface area (Å²) in [6.07, 6.45) is 1.48. The Morgan fingerprint density at radius 2 is 1.86 bits per heavy atom. The van der Waals surface area contributed by atoms with Crippen molar-refractivity contribution in [2.24, 2.45) is 0 Å². The van der Waals surface area contributed by atoms with Crippen molar-refractivity contribution in [3.8, 4) is 5.75 Å².